The largest absolute Gasteiger partial charge is 0.542 e. The van der Waals surface area contributed by atoms with Gasteiger partial charge in [-0.25, -0.2) is 0 Å². The number of methoxy groups -OCH3 is 4. The zero-order chi connectivity index (χ0) is 21.0. The Kier molecular flexibility index (Phi) is 6.33. The summed E-state index contributed by atoms with van der Waals surface area (Å²) >= 11 is 0. The van der Waals surface area contributed by atoms with Gasteiger partial charge >= 0.3 is 0 Å². The summed E-state index contributed by atoms with van der Waals surface area (Å²) in [4.78, 5) is 14.8. The Morgan fingerprint density at radius 3 is 2.17 bits per heavy atom. The standard InChI is InChI=1S/C21H26N2O6/c1-26-14-6-8-16(18(12-14)28-3)22-10-5-11-23(20(22)21(24)25)17-9-7-15(27-2)13-19(17)29-4/h6-9,12-13,20H,5,10-11H2,1-4H3,(H,24,25). The molecule has 2 unspecified atom stereocenters. The van der Waals surface area contributed by atoms with Gasteiger partial charge in [-0.2, -0.15) is 0 Å². The van der Waals surface area contributed by atoms with Gasteiger partial charge in [-0.1, -0.05) is 0 Å². The molecule has 8 nitrogen and oxygen atoms in total. The van der Waals surface area contributed by atoms with Crippen LogP contribution in [0.5, 0.6) is 23.0 Å². The number of carboxylic acids is 1. The third-order valence-electron chi connectivity index (χ3n) is 5.16. The average Bonchev–Trinajstić information content (AvgIpc) is 2.77. The highest BCUT2D eigenvalue weighted by Gasteiger charge is 2.38. The Morgan fingerprint density at radius 2 is 1.59 bits per heavy atom. The van der Waals surface area contributed by atoms with Crippen LogP contribution in [0.4, 0.5) is 11.4 Å². The molecule has 1 aliphatic rings. The van der Waals surface area contributed by atoms with Crippen LogP contribution < -0.4 is 33.9 Å². The van der Waals surface area contributed by atoms with Gasteiger partial charge in [0.2, 0.25) is 6.17 Å². The molecule has 0 amide bonds. The fraction of sp³-hybridized carbons (Fsp3) is 0.381. The van der Waals surface area contributed by atoms with Gasteiger partial charge in [0.15, 0.2) is 11.4 Å². The lowest BCUT2D eigenvalue weighted by atomic mass is 10.1. The summed E-state index contributed by atoms with van der Waals surface area (Å²) in [5, 5.41) is 12.3. The summed E-state index contributed by atoms with van der Waals surface area (Å²) in [7, 11) is 6.25. The normalized spacial score (nSPS) is 18.8. The second kappa shape index (κ2) is 8.91. The van der Waals surface area contributed by atoms with E-state index in [0.29, 0.717) is 41.8 Å². The maximum Gasteiger partial charge on any atom is 0.209 e. The smallest absolute Gasteiger partial charge is 0.209 e. The number of rotatable bonds is 7. The minimum Gasteiger partial charge on any atom is -0.542 e. The maximum atomic E-state index is 12.3. The average molecular weight is 402 g/mol. The summed E-state index contributed by atoms with van der Waals surface area (Å²) in [5.41, 5.74) is 1.41. The van der Waals surface area contributed by atoms with Gasteiger partial charge in [-0.15, -0.1) is 0 Å². The number of carbonyl (C=O) groups excluding carboxylic acids is 1. The van der Waals surface area contributed by atoms with E-state index in [1.54, 1.807) is 57.6 Å². The molecule has 2 atom stereocenters. The molecule has 2 aromatic carbocycles. The molecule has 0 bridgehead atoms. The van der Waals surface area contributed by atoms with Crippen molar-refractivity contribution in [3.8, 4) is 23.0 Å². The first-order valence-corrected chi connectivity index (χ1v) is 9.31. The van der Waals surface area contributed by atoms with E-state index in [2.05, 4.69) is 0 Å². The first-order chi connectivity index (χ1) is 14.0. The Labute approximate surface area is 170 Å². The molecule has 1 aliphatic heterocycles. The van der Waals surface area contributed by atoms with Crippen molar-refractivity contribution in [1.29, 1.82) is 0 Å². The molecule has 0 spiro atoms. The molecule has 29 heavy (non-hydrogen) atoms. The van der Waals surface area contributed by atoms with Crippen molar-refractivity contribution in [3.05, 3.63) is 36.4 Å². The molecule has 0 aromatic heterocycles. The molecular formula is C21H26N2O6. The lowest BCUT2D eigenvalue weighted by Crippen LogP contribution is -3.16. The van der Waals surface area contributed by atoms with Crippen molar-refractivity contribution < 1.29 is 33.7 Å². The number of hydrogen-bond acceptors (Lipinski definition) is 7. The van der Waals surface area contributed by atoms with Gasteiger partial charge in [0.25, 0.3) is 0 Å². The van der Waals surface area contributed by atoms with Crippen LogP contribution in [0.1, 0.15) is 6.42 Å². The SMILES string of the molecule is COc1ccc(N2CCC[NH+](c3ccc(OC)cc3OC)C2C(=O)[O-])c(OC)c1. The van der Waals surface area contributed by atoms with Crippen LogP contribution in [0.25, 0.3) is 0 Å². The summed E-state index contributed by atoms with van der Waals surface area (Å²) in [6.07, 6.45) is -0.169. The minimum atomic E-state index is -1.17. The molecule has 0 saturated carbocycles. The number of aliphatic carboxylic acids is 1. The first-order valence-electron chi connectivity index (χ1n) is 9.31. The molecule has 0 radical (unpaired) electrons. The third-order valence-corrected chi connectivity index (χ3v) is 5.16. The maximum absolute atomic E-state index is 12.3. The van der Waals surface area contributed by atoms with E-state index in [4.69, 9.17) is 18.9 Å². The number of anilines is 1. The van der Waals surface area contributed by atoms with Gasteiger partial charge in [0.05, 0.1) is 40.7 Å². The number of quaternary nitrogens is 1. The van der Waals surface area contributed by atoms with Gasteiger partial charge < -0.3 is 33.7 Å². The van der Waals surface area contributed by atoms with E-state index in [-0.39, 0.29) is 0 Å². The predicted octanol–water partition coefficient (Wildman–Crippen LogP) is 0.224. The number of nitrogens with one attached hydrogen (secondary N) is 1. The van der Waals surface area contributed by atoms with Crippen molar-refractivity contribution in [3.63, 3.8) is 0 Å². The zero-order valence-electron chi connectivity index (χ0n) is 17.1. The number of nitrogens with zero attached hydrogens (tertiary/aromatic N) is 1. The third kappa shape index (κ3) is 4.02. The van der Waals surface area contributed by atoms with Gasteiger partial charge in [0.1, 0.15) is 23.2 Å². The van der Waals surface area contributed by atoms with Crippen molar-refractivity contribution in [2.45, 2.75) is 12.6 Å². The van der Waals surface area contributed by atoms with Crippen LogP contribution in [0.15, 0.2) is 36.4 Å². The summed E-state index contributed by atoms with van der Waals surface area (Å²) in [6.45, 7) is 1.18. The van der Waals surface area contributed by atoms with E-state index in [1.165, 1.54) is 0 Å². The predicted molar refractivity (Wildman–Crippen MR) is 105 cm³/mol. The Balaban J connectivity index is 2.05. The van der Waals surface area contributed by atoms with Crippen molar-refractivity contribution in [2.75, 3.05) is 46.4 Å². The van der Waals surface area contributed by atoms with E-state index >= 15 is 0 Å². The topological polar surface area (TPSA) is 84.7 Å². The highest BCUT2D eigenvalue weighted by molar-refractivity contribution is 5.77. The second-order valence-electron chi connectivity index (χ2n) is 6.65. The van der Waals surface area contributed by atoms with E-state index in [9.17, 15) is 9.90 Å². The molecule has 1 fully saturated rings. The number of benzene rings is 2. The molecule has 0 aliphatic carbocycles. The highest BCUT2D eigenvalue weighted by atomic mass is 16.5. The second-order valence-corrected chi connectivity index (χ2v) is 6.65. The molecule has 3 rings (SSSR count). The van der Waals surface area contributed by atoms with Crippen LogP contribution in [-0.4, -0.2) is 53.7 Å². The zero-order valence-corrected chi connectivity index (χ0v) is 17.1. The number of hydrogen-bond donors (Lipinski definition) is 1. The molecule has 1 saturated heterocycles. The molecule has 156 valence electrons. The number of carboxylic acid groups (broad SMARTS) is 1. The molecule has 1 heterocycles. The van der Waals surface area contributed by atoms with Crippen LogP contribution in [-0.2, 0) is 4.79 Å². The summed E-state index contributed by atoms with van der Waals surface area (Å²) in [6, 6.07) is 10.7. The van der Waals surface area contributed by atoms with Crippen LogP contribution >= 0.6 is 0 Å². The Morgan fingerprint density at radius 1 is 0.966 bits per heavy atom. The number of carbonyl (C=O) groups is 1. The Hall–Kier alpha value is -3.13. The molecule has 2 aromatic rings. The fourth-order valence-electron chi connectivity index (χ4n) is 3.79. The van der Waals surface area contributed by atoms with Crippen molar-refractivity contribution in [1.82, 2.24) is 0 Å². The highest BCUT2D eigenvalue weighted by Crippen LogP contribution is 2.34. The van der Waals surface area contributed by atoms with Gasteiger partial charge in [0, 0.05) is 31.2 Å². The monoisotopic (exact) mass is 402 g/mol. The van der Waals surface area contributed by atoms with E-state index < -0.39 is 12.1 Å². The minimum absolute atomic E-state index is 0.540. The van der Waals surface area contributed by atoms with Gasteiger partial charge in [-0.3, -0.25) is 4.90 Å². The van der Waals surface area contributed by atoms with Crippen LogP contribution in [0, 0.1) is 0 Å². The van der Waals surface area contributed by atoms with Crippen molar-refractivity contribution in [2.24, 2.45) is 0 Å². The van der Waals surface area contributed by atoms with E-state index in [0.717, 1.165) is 17.0 Å². The van der Waals surface area contributed by atoms with Gasteiger partial charge in [-0.05, 0) is 18.2 Å². The molecular weight excluding hydrogens is 376 g/mol. The summed E-state index contributed by atoms with van der Waals surface area (Å²) < 4.78 is 21.5. The summed E-state index contributed by atoms with van der Waals surface area (Å²) in [5.74, 6) is 1.21. The quantitative estimate of drug-likeness (QED) is 0.709. The van der Waals surface area contributed by atoms with E-state index in [1.807, 2.05) is 12.1 Å². The molecule has 8 heteroatoms. The lowest BCUT2D eigenvalue weighted by molar-refractivity contribution is -0.858. The van der Waals surface area contributed by atoms with Crippen LogP contribution in [0.3, 0.4) is 0 Å². The first kappa shape index (κ1) is 20.6. The lowest BCUT2D eigenvalue weighted by Gasteiger charge is -2.42. The molecule has 1 N–H and O–H groups in total. The number of ether oxygens (including phenoxy) is 4. The Bertz CT molecular complexity index is 809. The van der Waals surface area contributed by atoms with Crippen LogP contribution in [0.2, 0.25) is 0 Å². The van der Waals surface area contributed by atoms with Crippen molar-refractivity contribution >= 4 is 17.3 Å². The fourth-order valence-corrected chi connectivity index (χ4v) is 3.79.